The Morgan fingerprint density at radius 2 is 0.847 bits per heavy atom. The zero-order valence-electron chi connectivity index (χ0n) is 32.2. The van der Waals surface area contributed by atoms with Crippen molar-refractivity contribution in [3.05, 3.63) is 154 Å². The molecule has 0 bridgehead atoms. The van der Waals surface area contributed by atoms with Gasteiger partial charge in [0.1, 0.15) is 31.6 Å². The number of halogens is 2. The van der Waals surface area contributed by atoms with Crippen LogP contribution >= 0.6 is 21.4 Å². The largest absolute Gasteiger partial charge is 0.478 e. The van der Waals surface area contributed by atoms with Gasteiger partial charge in [-0.25, -0.2) is 13.8 Å². The minimum absolute atomic E-state index is 0.167. The number of esters is 1. The molecule has 0 spiro atoms. The van der Waals surface area contributed by atoms with Crippen LogP contribution in [0.3, 0.4) is 0 Å². The summed E-state index contributed by atoms with van der Waals surface area (Å²) in [4.78, 5) is 85.6. The summed E-state index contributed by atoms with van der Waals surface area (Å²) in [5, 5.41) is 32.8. The molecule has 0 saturated heterocycles. The lowest BCUT2D eigenvalue weighted by molar-refractivity contribution is -0.115. The fourth-order valence-corrected chi connectivity index (χ4v) is 3.67. The van der Waals surface area contributed by atoms with Crippen LogP contribution in [0.4, 0.5) is 0 Å². The first-order valence-corrected chi connectivity index (χ1v) is 19.3. The molecule has 0 fully saturated rings. The molecule has 17 heteroatoms. The van der Waals surface area contributed by atoms with Gasteiger partial charge in [0.05, 0.1) is 18.2 Å². The third kappa shape index (κ3) is 26.5. The first-order chi connectivity index (χ1) is 28.0. The molecule has 4 aromatic rings. The highest BCUT2D eigenvalue weighted by molar-refractivity contribution is 8.26. The van der Waals surface area contributed by atoms with Crippen molar-refractivity contribution in [1.29, 1.82) is 0 Å². The van der Waals surface area contributed by atoms with Crippen LogP contribution < -0.4 is 0 Å². The average molecular weight is 874 g/mol. The number of Topliss-reactive ketones (excluding diaryl/α,β-unsaturated/α-hetero) is 3. The van der Waals surface area contributed by atoms with Gasteiger partial charge in [-0.3, -0.25) is 24.0 Å². The number of aliphatic hydroxyl groups is 3. The number of aliphatic hydroxyl groups excluding tert-OH is 3. The highest BCUT2D eigenvalue weighted by Gasteiger charge is 2.05. The van der Waals surface area contributed by atoms with E-state index < -0.39 is 34.4 Å². The molecular weight excluding hydrogens is 831 g/mol. The van der Waals surface area contributed by atoms with Gasteiger partial charge >= 0.3 is 11.9 Å². The van der Waals surface area contributed by atoms with Gasteiger partial charge in [-0.2, -0.15) is 0 Å². The van der Waals surface area contributed by atoms with E-state index in [1.54, 1.807) is 60.7 Å². The van der Waals surface area contributed by atoms with Crippen LogP contribution in [0.2, 0.25) is 0 Å². The van der Waals surface area contributed by atoms with E-state index in [4.69, 9.17) is 24.6 Å². The van der Waals surface area contributed by atoms with Crippen molar-refractivity contribution < 1.29 is 67.7 Å². The molecule has 4 N–H and O–H groups in total. The molecule has 0 saturated carbocycles. The average Bonchev–Trinajstić information content (AvgIpc) is 3.25. The number of ketones is 4. The number of benzene rings is 4. The van der Waals surface area contributed by atoms with Crippen molar-refractivity contribution >= 4 is 90.4 Å². The molecule has 0 aliphatic heterocycles. The zero-order chi connectivity index (χ0) is 45.3. The third-order valence-corrected chi connectivity index (χ3v) is 6.39. The number of ether oxygens (including phenoxy) is 1. The summed E-state index contributed by atoms with van der Waals surface area (Å²) in [6.45, 7) is 2.03. The normalized spacial score (nSPS) is 9.59. The van der Waals surface area contributed by atoms with E-state index in [0.29, 0.717) is 40.4 Å². The van der Waals surface area contributed by atoms with E-state index in [2.05, 4.69) is 26.1 Å². The SMILES string of the molecule is CC(C)=O.CO.COC(=O)c1ccc(/C=C/C(=O)/C=C/c2ccc(C(=O)CO)cc2)cc1.O=Cc1ccc(C(=O)CO)cc1.O=Cc1ccc(C(=O)O)cc1.O=S(Cl)Cl. The molecule has 0 aromatic heterocycles. The topological polar surface area (TPSA) is 244 Å². The molecule has 0 heterocycles. The van der Waals surface area contributed by atoms with Crippen LogP contribution in [-0.4, -0.2) is 99.7 Å². The van der Waals surface area contributed by atoms with Crippen LogP contribution in [0.15, 0.2) is 109 Å². The fraction of sp³-hybridized carbons (Fsp3) is 0.143. The molecule has 4 rings (SSSR count). The Morgan fingerprint density at radius 3 is 1.10 bits per heavy atom. The quantitative estimate of drug-likeness (QED) is 0.0416. The molecular formula is C42H42Cl2O14S. The maximum absolute atomic E-state index is 11.9. The van der Waals surface area contributed by atoms with Crippen molar-refractivity contribution in [3.63, 3.8) is 0 Å². The molecule has 14 nitrogen and oxygen atoms in total. The Bertz CT molecular complexity index is 1930. The Hall–Kier alpha value is -6.07. The van der Waals surface area contributed by atoms with Crippen LogP contribution in [0.25, 0.3) is 12.2 Å². The molecule has 0 atom stereocenters. The van der Waals surface area contributed by atoms with Crippen molar-refractivity contribution in [2.24, 2.45) is 0 Å². The summed E-state index contributed by atoms with van der Waals surface area (Å²) in [7, 11) is 9.68. The molecule has 0 aliphatic rings. The highest BCUT2D eigenvalue weighted by atomic mass is 36.0. The Morgan fingerprint density at radius 1 is 0.576 bits per heavy atom. The third-order valence-electron chi connectivity index (χ3n) is 6.39. The second-order valence-corrected chi connectivity index (χ2v) is 13.4. The number of hydrogen-bond donors (Lipinski definition) is 4. The predicted octanol–water partition coefficient (Wildman–Crippen LogP) is 6.06. The monoisotopic (exact) mass is 872 g/mol. The van der Waals surface area contributed by atoms with Crippen molar-refractivity contribution in [2.45, 2.75) is 13.8 Å². The molecule has 0 radical (unpaired) electrons. The minimum atomic E-state index is -1.67. The molecule has 59 heavy (non-hydrogen) atoms. The zero-order valence-corrected chi connectivity index (χ0v) is 34.5. The second kappa shape index (κ2) is 33.0. The van der Waals surface area contributed by atoms with Crippen LogP contribution in [0.1, 0.15) is 87.1 Å². The Balaban J connectivity index is 0. The summed E-state index contributed by atoms with van der Waals surface area (Å²) < 4.78 is 13.7. The maximum Gasteiger partial charge on any atom is 0.337 e. The number of carbonyl (C=O) groups is 8. The lowest BCUT2D eigenvalue weighted by Gasteiger charge is -1.99. The number of aldehydes is 2. The number of carboxylic acid groups (broad SMARTS) is 1. The van der Waals surface area contributed by atoms with Crippen LogP contribution in [0, 0.1) is 0 Å². The van der Waals surface area contributed by atoms with Gasteiger partial charge in [0.15, 0.2) is 17.3 Å². The lowest BCUT2D eigenvalue weighted by Crippen LogP contribution is -2.03. The number of carboxylic acids is 1. The van der Waals surface area contributed by atoms with Gasteiger partial charge in [-0.15, -0.1) is 0 Å². The number of allylic oxidation sites excluding steroid dienone is 2. The van der Waals surface area contributed by atoms with E-state index in [-0.39, 0.29) is 28.7 Å². The van der Waals surface area contributed by atoms with Gasteiger partial charge < -0.3 is 30.0 Å². The van der Waals surface area contributed by atoms with E-state index in [1.165, 1.54) is 81.6 Å². The van der Waals surface area contributed by atoms with Gasteiger partial charge in [-0.1, -0.05) is 84.9 Å². The van der Waals surface area contributed by atoms with E-state index >= 15 is 0 Å². The fourth-order valence-electron chi connectivity index (χ4n) is 3.67. The minimum Gasteiger partial charge on any atom is -0.478 e. The summed E-state index contributed by atoms with van der Waals surface area (Å²) in [5.41, 5.74) is 4.03. The first kappa shape index (κ1) is 55.0. The predicted molar refractivity (Wildman–Crippen MR) is 225 cm³/mol. The number of aromatic carboxylic acids is 1. The number of carbonyl (C=O) groups excluding carboxylic acids is 7. The van der Waals surface area contributed by atoms with Crippen molar-refractivity contribution in [2.75, 3.05) is 27.4 Å². The van der Waals surface area contributed by atoms with E-state index in [0.717, 1.165) is 18.2 Å². The van der Waals surface area contributed by atoms with Gasteiger partial charge in [0.2, 0.25) is 9.23 Å². The number of hydrogen-bond acceptors (Lipinski definition) is 13. The van der Waals surface area contributed by atoms with Gasteiger partial charge in [0.25, 0.3) is 0 Å². The molecule has 0 aliphatic carbocycles. The highest BCUT2D eigenvalue weighted by Crippen LogP contribution is 2.10. The first-order valence-electron chi connectivity index (χ1n) is 16.5. The molecule has 4 aromatic carbocycles. The van der Waals surface area contributed by atoms with E-state index in [1.807, 2.05) is 0 Å². The van der Waals surface area contributed by atoms with Gasteiger partial charge in [0, 0.05) is 50.7 Å². The standard InChI is InChI=1S/C21H18O5.C9H8O3.C8H6O3.C3H6O.CH4O.Cl2OS/c1-26-21(25)18-10-4-16(5-11-18)7-13-19(23)12-6-15-2-8-17(9-3-15)20(24)14-22;10-5-7-1-3-8(4-2-7)9(12)6-11;9-5-6-1-3-7(4-2-6)8(10)11;1-3(2)4;1-2;1-4(2)3/h2-13,22H,14H2,1H3;1-5,11H,6H2;1-5H,(H,10,11);1-2H3;2H,1H3;/b12-6+,13-7+;;;;;. The van der Waals surface area contributed by atoms with Crippen LogP contribution in [-0.2, 0) is 23.6 Å². The maximum atomic E-state index is 11.9. The van der Waals surface area contributed by atoms with Crippen molar-refractivity contribution in [1.82, 2.24) is 0 Å². The second-order valence-electron chi connectivity index (χ2n) is 10.8. The summed E-state index contributed by atoms with van der Waals surface area (Å²) in [6.07, 6.45) is 7.51. The number of rotatable bonds is 12. The number of methoxy groups -OCH3 is 1. The molecule has 0 unspecified atom stereocenters. The molecule has 314 valence electrons. The lowest BCUT2D eigenvalue weighted by atomic mass is 10.1. The van der Waals surface area contributed by atoms with E-state index in [9.17, 15) is 38.4 Å². The van der Waals surface area contributed by atoms with Crippen molar-refractivity contribution in [3.8, 4) is 0 Å². The van der Waals surface area contributed by atoms with Crippen LogP contribution in [0.5, 0.6) is 0 Å². The van der Waals surface area contributed by atoms with Gasteiger partial charge in [-0.05, 0) is 61.4 Å². The summed E-state index contributed by atoms with van der Waals surface area (Å²) in [5.74, 6) is -2.11. The smallest absolute Gasteiger partial charge is 0.337 e. The Labute approximate surface area is 351 Å². The molecule has 0 amide bonds. The summed E-state index contributed by atoms with van der Waals surface area (Å²) in [6, 6.07) is 25.1. The Kier molecular flexibility index (Phi) is 30.7. The summed E-state index contributed by atoms with van der Waals surface area (Å²) >= 11 is 0.